The van der Waals surface area contributed by atoms with Crippen molar-refractivity contribution in [2.75, 3.05) is 5.32 Å². The van der Waals surface area contributed by atoms with Crippen LogP contribution in [-0.4, -0.2) is 4.98 Å². The van der Waals surface area contributed by atoms with Crippen LogP contribution in [0.15, 0.2) is 39.5 Å². The molecule has 2 aromatic rings. The number of nitrogens with one attached hydrogen (secondary N) is 1. The standard InChI is InChI=1S/C12H13BrN2O/c1-8-3-4-11(14-7-8)15-9(2)12-10(13)5-6-16-12/h3-7,9H,1-2H3,(H,14,15). The number of pyridine rings is 1. The van der Waals surface area contributed by atoms with Gasteiger partial charge < -0.3 is 9.73 Å². The number of anilines is 1. The average Bonchev–Trinajstić information content (AvgIpc) is 2.68. The highest BCUT2D eigenvalue weighted by Crippen LogP contribution is 2.26. The summed E-state index contributed by atoms with van der Waals surface area (Å²) in [7, 11) is 0. The molecule has 2 rings (SSSR count). The summed E-state index contributed by atoms with van der Waals surface area (Å²) in [6.07, 6.45) is 3.51. The molecule has 1 N–H and O–H groups in total. The molecule has 0 aromatic carbocycles. The lowest BCUT2D eigenvalue weighted by atomic mass is 10.2. The van der Waals surface area contributed by atoms with Gasteiger partial charge in [0.25, 0.3) is 0 Å². The van der Waals surface area contributed by atoms with Gasteiger partial charge in [-0.15, -0.1) is 0 Å². The predicted molar refractivity (Wildman–Crippen MR) is 67.4 cm³/mol. The Morgan fingerprint density at radius 1 is 1.38 bits per heavy atom. The maximum atomic E-state index is 5.38. The summed E-state index contributed by atoms with van der Waals surface area (Å²) in [6.45, 7) is 4.05. The van der Waals surface area contributed by atoms with Gasteiger partial charge in [-0.1, -0.05) is 6.07 Å². The Kier molecular flexibility index (Phi) is 3.29. The third-order valence-electron chi connectivity index (χ3n) is 2.31. The second-order valence-corrected chi connectivity index (χ2v) is 4.57. The number of aryl methyl sites for hydroxylation is 1. The van der Waals surface area contributed by atoms with Crippen molar-refractivity contribution in [2.45, 2.75) is 19.9 Å². The number of aromatic nitrogens is 1. The molecule has 0 amide bonds. The first kappa shape index (κ1) is 11.2. The van der Waals surface area contributed by atoms with Crippen molar-refractivity contribution in [3.05, 3.63) is 46.5 Å². The van der Waals surface area contributed by atoms with E-state index in [1.807, 2.05) is 38.2 Å². The van der Waals surface area contributed by atoms with E-state index in [9.17, 15) is 0 Å². The minimum atomic E-state index is 0.0829. The quantitative estimate of drug-likeness (QED) is 0.926. The first-order valence-electron chi connectivity index (χ1n) is 5.09. The van der Waals surface area contributed by atoms with Gasteiger partial charge in [-0.25, -0.2) is 4.98 Å². The van der Waals surface area contributed by atoms with Gasteiger partial charge in [-0.2, -0.15) is 0 Å². The third kappa shape index (κ3) is 2.44. The third-order valence-corrected chi connectivity index (χ3v) is 2.97. The maximum absolute atomic E-state index is 5.38. The molecule has 0 saturated carbocycles. The Bertz CT molecular complexity index is 464. The molecule has 4 heteroatoms. The summed E-state index contributed by atoms with van der Waals surface area (Å²) in [4.78, 5) is 4.29. The van der Waals surface area contributed by atoms with Gasteiger partial charge in [0.05, 0.1) is 16.8 Å². The zero-order valence-electron chi connectivity index (χ0n) is 9.20. The van der Waals surface area contributed by atoms with Gasteiger partial charge in [0.2, 0.25) is 0 Å². The fourth-order valence-electron chi connectivity index (χ4n) is 1.45. The number of furan rings is 1. The van der Waals surface area contributed by atoms with E-state index < -0.39 is 0 Å². The number of nitrogens with zero attached hydrogens (tertiary/aromatic N) is 1. The van der Waals surface area contributed by atoms with E-state index in [4.69, 9.17) is 4.42 Å². The summed E-state index contributed by atoms with van der Waals surface area (Å²) in [5.74, 6) is 1.73. The Morgan fingerprint density at radius 2 is 2.19 bits per heavy atom. The van der Waals surface area contributed by atoms with Crippen molar-refractivity contribution < 1.29 is 4.42 Å². The zero-order chi connectivity index (χ0) is 11.5. The largest absolute Gasteiger partial charge is 0.466 e. The number of hydrogen-bond acceptors (Lipinski definition) is 3. The predicted octanol–water partition coefficient (Wildman–Crippen LogP) is 3.92. The van der Waals surface area contributed by atoms with E-state index in [-0.39, 0.29) is 6.04 Å². The number of halogens is 1. The summed E-state index contributed by atoms with van der Waals surface area (Å²) < 4.78 is 6.36. The van der Waals surface area contributed by atoms with Crippen molar-refractivity contribution in [2.24, 2.45) is 0 Å². The van der Waals surface area contributed by atoms with Gasteiger partial charge in [-0.05, 0) is 47.5 Å². The van der Waals surface area contributed by atoms with Crippen LogP contribution < -0.4 is 5.32 Å². The van der Waals surface area contributed by atoms with Crippen molar-refractivity contribution in [1.29, 1.82) is 0 Å². The van der Waals surface area contributed by atoms with Gasteiger partial charge in [-0.3, -0.25) is 0 Å². The number of rotatable bonds is 3. The van der Waals surface area contributed by atoms with Crippen LogP contribution in [0.5, 0.6) is 0 Å². The molecule has 2 heterocycles. The molecule has 0 aliphatic rings. The summed E-state index contributed by atoms with van der Waals surface area (Å²) in [5, 5.41) is 3.28. The fourth-order valence-corrected chi connectivity index (χ4v) is 2.00. The fraction of sp³-hybridized carbons (Fsp3) is 0.250. The molecule has 1 atom stereocenters. The SMILES string of the molecule is Cc1ccc(NC(C)c2occc2Br)nc1. The molecule has 0 aliphatic heterocycles. The van der Waals surface area contributed by atoms with E-state index >= 15 is 0 Å². The minimum Gasteiger partial charge on any atom is -0.466 e. The van der Waals surface area contributed by atoms with Crippen molar-refractivity contribution in [3.63, 3.8) is 0 Å². The van der Waals surface area contributed by atoms with Crippen LogP contribution in [0.2, 0.25) is 0 Å². The monoisotopic (exact) mass is 280 g/mol. The molecule has 0 aliphatic carbocycles. The second-order valence-electron chi connectivity index (χ2n) is 3.72. The molecular weight excluding hydrogens is 268 g/mol. The Morgan fingerprint density at radius 3 is 2.75 bits per heavy atom. The lowest BCUT2D eigenvalue weighted by Gasteiger charge is -2.12. The van der Waals surface area contributed by atoms with E-state index in [0.29, 0.717) is 0 Å². The van der Waals surface area contributed by atoms with Crippen molar-refractivity contribution in [3.8, 4) is 0 Å². The summed E-state index contributed by atoms with van der Waals surface area (Å²) >= 11 is 3.44. The summed E-state index contributed by atoms with van der Waals surface area (Å²) in [6, 6.07) is 5.96. The van der Waals surface area contributed by atoms with Gasteiger partial charge >= 0.3 is 0 Å². The first-order valence-corrected chi connectivity index (χ1v) is 5.88. The molecule has 0 saturated heterocycles. The lowest BCUT2D eigenvalue weighted by Crippen LogP contribution is -2.07. The van der Waals surface area contributed by atoms with Crippen molar-refractivity contribution >= 4 is 21.7 Å². The number of hydrogen-bond donors (Lipinski definition) is 1. The van der Waals surface area contributed by atoms with Crippen LogP contribution >= 0.6 is 15.9 Å². The van der Waals surface area contributed by atoms with Crippen LogP contribution in [0.1, 0.15) is 24.3 Å². The highest BCUT2D eigenvalue weighted by Gasteiger charge is 2.12. The van der Waals surface area contributed by atoms with Crippen LogP contribution in [0.4, 0.5) is 5.82 Å². The highest BCUT2D eigenvalue weighted by molar-refractivity contribution is 9.10. The molecule has 84 valence electrons. The first-order chi connectivity index (χ1) is 7.66. The minimum absolute atomic E-state index is 0.0829. The maximum Gasteiger partial charge on any atom is 0.139 e. The van der Waals surface area contributed by atoms with Gasteiger partial charge in [0, 0.05) is 6.20 Å². The molecule has 1 unspecified atom stereocenters. The van der Waals surface area contributed by atoms with Gasteiger partial charge in [0.15, 0.2) is 0 Å². The summed E-state index contributed by atoms with van der Waals surface area (Å²) in [5.41, 5.74) is 1.15. The Hall–Kier alpha value is -1.29. The van der Waals surface area contributed by atoms with Gasteiger partial charge in [0.1, 0.15) is 11.6 Å². The lowest BCUT2D eigenvalue weighted by molar-refractivity contribution is 0.488. The Balaban J connectivity index is 2.10. The molecule has 0 spiro atoms. The van der Waals surface area contributed by atoms with Crippen LogP contribution in [0.3, 0.4) is 0 Å². The molecule has 0 radical (unpaired) electrons. The van der Waals surface area contributed by atoms with Crippen LogP contribution in [0, 0.1) is 6.92 Å². The molecule has 16 heavy (non-hydrogen) atoms. The second kappa shape index (κ2) is 4.70. The molecule has 3 nitrogen and oxygen atoms in total. The van der Waals surface area contributed by atoms with E-state index in [2.05, 4.69) is 26.2 Å². The highest BCUT2D eigenvalue weighted by atomic mass is 79.9. The molecule has 0 bridgehead atoms. The van der Waals surface area contributed by atoms with Crippen molar-refractivity contribution in [1.82, 2.24) is 4.98 Å². The molecular formula is C12H13BrN2O. The van der Waals surface area contributed by atoms with Crippen LogP contribution in [-0.2, 0) is 0 Å². The van der Waals surface area contributed by atoms with Crippen LogP contribution in [0.25, 0.3) is 0 Å². The molecule has 0 fully saturated rings. The van der Waals surface area contributed by atoms with E-state index in [0.717, 1.165) is 21.6 Å². The average molecular weight is 281 g/mol. The normalized spacial score (nSPS) is 12.4. The smallest absolute Gasteiger partial charge is 0.139 e. The zero-order valence-corrected chi connectivity index (χ0v) is 10.8. The Labute approximate surface area is 103 Å². The van der Waals surface area contributed by atoms with E-state index in [1.165, 1.54) is 0 Å². The van der Waals surface area contributed by atoms with E-state index in [1.54, 1.807) is 6.26 Å². The molecule has 2 aromatic heterocycles. The topological polar surface area (TPSA) is 38.1 Å².